The van der Waals surface area contributed by atoms with E-state index in [1.54, 1.807) is 12.1 Å². The van der Waals surface area contributed by atoms with Crippen molar-refractivity contribution in [3.8, 4) is 0 Å². The van der Waals surface area contributed by atoms with Gasteiger partial charge in [-0.25, -0.2) is 0 Å². The van der Waals surface area contributed by atoms with Crippen LogP contribution in [0.5, 0.6) is 0 Å². The average molecular weight is 290 g/mol. The number of pyridine rings is 1. The molecule has 0 aliphatic rings. The first-order chi connectivity index (χ1) is 7.39. The third-order valence-corrected chi connectivity index (χ3v) is 2.80. The first-order valence-corrected chi connectivity index (χ1v) is 5.31. The van der Waals surface area contributed by atoms with Crippen LogP contribution in [0.4, 0.5) is 13.2 Å². The lowest BCUT2D eigenvalue weighted by Crippen LogP contribution is -2.09. The second-order valence-corrected chi connectivity index (χ2v) is 4.39. The molecule has 1 heterocycles. The minimum absolute atomic E-state index is 0.127. The van der Waals surface area contributed by atoms with Crippen molar-refractivity contribution in [2.24, 2.45) is 0 Å². The number of aromatic nitrogens is 1. The Labute approximate surface area is 98.4 Å². The standard InChI is InChI=1S/C11H7BrF3N/c1-6-5-16-9-3-2-7(12)4-8(9)10(6)11(13,14)15/h2-5H,1H3. The Balaban J connectivity index is 2.88. The molecule has 0 aliphatic carbocycles. The minimum Gasteiger partial charge on any atom is -0.256 e. The van der Waals surface area contributed by atoms with E-state index in [0.717, 1.165) is 0 Å². The topological polar surface area (TPSA) is 12.9 Å². The quantitative estimate of drug-likeness (QED) is 0.704. The first kappa shape index (κ1) is 11.4. The van der Waals surface area contributed by atoms with E-state index < -0.39 is 11.7 Å². The predicted octanol–water partition coefficient (Wildman–Crippen LogP) is 4.32. The lowest BCUT2D eigenvalue weighted by Gasteiger charge is -2.13. The first-order valence-electron chi connectivity index (χ1n) is 4.51. The van der Waals surface area contributed by atoms with Crippen LogP contribution in [0.15, 0.2) is 28.9 Å². The Morgan fingerprint density at radius 2 is 1.94 bits per heavy atom. The van der Waals surface area contributed by atoms with Gasteiger partial charge in [0.25, 0.3) is 0 Å². The Bertz CT molecular complexity index is 543. The summed E-state index contributed by atoms with van der Waals surface area (Å²) in [5, 5.41) is 0.127. The smallest absolute Gasteiger partial charge is 0.256 e. The molecule has 5 heteroatoms. The molecule has 0 unspecified atom stereocenters. The number of nitrogens with zero attached hydrogens (tertiary/aromatic N) is 1. The summed E-state index contributed by atoms with van der Waals surface area (Å²) in [5.74, 6) is 0. The van der Waals surface area contributed by atoms with E-state index in [-0.39, 0.29) is 10.9 Å². The van der Waals surface area contributed by atoms with Gasteiger partial charge in [0.05, 0.1) is 11.1 Å². The highest BCUT2D eigenvalue weighted by atomic mass is 79.9. The van der Waals surface area contributed by atoms with Gasteiger partial charge in [-0.15, -0.1) is 0 Å². The Morgan fingerprint density at radius 1 is 1.25 bits per heavy atom. The molecule has 16 heavy (non-hydrogen) atoms. The minimum atomic E-state index is -4.36. The molecule has 0 saturated heterocycles. The van der Waals surface area contributed by atoms with E-state index in [0.29, 0.717) is 9.99 Å². The van der Waals surface area contributed by atoms with Gasteiger partial charge in [-0.2, -0.15) is 13.2 Å². The van der Waals surface area contributed by atoms with E-state index in [4.69, 9.17) is 0 Å². The summed E-state index contributed by atoms with van der Waals surface area (Å²) in [4.78, 5) is 3.98. The lowest BCUT2D eigenvalue weighted by molar-refractivity contribution is -0.136. The summed E-state index contributed by atoms with van der Waals surface area (Å²) in [6.07, 6.45) is -3.11. The van der Waals surface area contributed by atoms with Crippen LogP contribution in [0.2, 0.25) is 0 Å². The zero-order chi connectivity index (χ0) is 11.9. The number of benzene rings is 1. The number of rotatable bonds is 0. The normalized spacial score (nSPS) is 12.1. The van der Waals surface area contributed by atoms with Gasteiger partial charge >= 0.3 is 6.18 Å². The number of hydrogen-bond donors (Lipinski definition) is 0. The van der Waals surface area contributed by atoms with Crippen LogP contribution >= 0.6 is 15.9 Å². The molecular formula is C11H7BrF3N. The van der Waals surface area contributed by atoms with Crippen molar-refractivity contribution in [1.29, 1.82) is 0 Å². The zero-order valence-electron chi connectivity index (χ0n) is 8.27. The van der Waals surface area contributed by atoms with Crippen molar-refractivity contribution in [1.82, 2.24) is 4.98 Å². The van der Waals surface area contributed by atoms with E-state index in [1.807, 2.05) is 0 Å². The molecule has 0 aliphatic heterocycles. The summed E-state index contributed by atoms with van der Waals surface area (Å²) < 4.78 is 39.2. The fourth-order valence-corrected chi connectivity index (χ4v) is 2.00. The molecule has 0 amide bonds. The van der Waals surface area contributed by atoms with Crippen LogP contribution in [0.1, 0.15) is 11.1 Å². The molecule has 1 aromatic heterocycles. The van der Waals surface area contributed by atoms with Crippen molar-refractivity contribution >= 4 is 26.8 Å². The fourth-order valence-electron chi connectivity index (χ4n) is 1.64. The highest BCUT2D eigenvalue weighted by Gasteiger charge is 2.34. The Hall–Kier alpha value is -1.10. The molecule has 1 nitrogen and oxygen atoms in total. The summed E-state index contributed by atoms with van der Waals surface area (Å²) in [7, 11) is 0. The molecule has 84 valence electrons. The second-order valence-electron chi connectivity index (χ2n) is 3.48. The maximum absolute atomic E-state index is 12.9. The SMILES string of the molecule is Cc1cnc2ccc(Br)cc2c1C(F)(F)F. The third-order valence-electron chi connectivity index (χ3n) is 2.30. The van der Waals surface area contributed by atoms with E-state index in [1.165, 1.54) is 19.2 Å². The second kappa shape index (κ2) is 3.73. The van der Waals surface area contributed by atoms with Gasteiger partial charge in [0, 0.05) is 16.1 Å². The van der Waals surface area contributed by atoms with Gasteiger partial charge in [-0.05, 0) is 30.7 Å². The van der Waals surface area contributed by atoms with Gasteiger partial charge in [-0.3, -0.25) is 4.98 Å². The molecule has 0 N–H and O–H groups in total. The van der Waals surface area contributed by atoms with Crippen LogP contribution in [-0.2, 0) is 6.18 Å². The summed E-state index contributed by atoms with van der Waals surface area (Å²) in [6, 6.07) is 4.68. The molecule has 0 fully saturated rings. The number of fused-ring (bicyclic) bond motifs is 1. The van der Waals surface area contributed by atoms with Gasteiger partial charge in [0.1, 0.15) is 0 Å². The van der Waals surface area contributed by atoms with E-state index in [9.17, 15) is 13.2 Å². The number of alkyl halides is 3. The average Bonchev–Trinajstić information content (AvgIpc) is 2.14. The van der Waals surface area contributed by atoms with Gasteiger partial charge in [0.15, 0.2) is 0 Å². The van der Waals surface area contributed by atoms with E-state index >= 15 is 0 Å². The van der Waals surface area contributed by atoms with Crippen LogP contribution in [0.3, 0.4) is 0 Å². The van der Waals surface area contributed by atoms with Gasteiger partial charge in [0.2, 0.25) is 0 Å². The largest absolute Gasteiger partial charge is 0.417 e. The maximum atomic E-state index is 12.9. The molecule has 2 aromatic rings. The summed E-state index contributed by atoms with van der Waals surface area (Å²) >= 11 is 3.16. The molecule has 0 atom stereocenters. The van der Waals surface area contributed by atoms with Gasteiger partial charge in [-0.1, -0.05) is 15.9 Å². The van der Waals surface area contributed by atoms with Crippen LogP contribution in [-0.4, -0.2) is 4.98 Å². The Kier molecular flexibility index (Phi) is 2.66. The summed E-state index contributed by atoms with van der Waals surface area (Å²) in [6.45, 7) is 1.41. The Morgan fingerprint density at radius 3 is 2.56 bits per heavy atom. The highest BCUT2D eigenvalue weighted by Crippen LogP contribution is 2.37. The van der Waals surface area contributed by atoms with Crippen LogP contribution in [0, 0.1) is 6.92 Å². The maximum Gasteiger partial charge on any atom is 0.417 e. The van der Waals surface area contributed by atoms with Gasteiger partial charge < -0.3 is 0 Å². The van der Waals surface area contributed by atoms with Crippen molar-refractivity contribution < 1.29 is 13.2 Å². The molecule has 0 radical (unpaired) electrons. The van der Waals surface area contributed by atoms with Crippen molar-refractivity contribution in [2.45, 2.75) is 13.1 Å². The lowest BCUT2D eigenvalue weighted by atomic mass is 10.0. The van der Waals surface area contributed by atoms with E-state index in [2.05, 4.69) is 20.9 Å². The third kappa shape index (κ3) is 1.91. The number of aryl methyl sites for hydroxylation is 1. The van der Waals surface area contributed by atoms with Crippen molar-refractivity contribution in [2.75, 3.05) is 0 Å². The molecule has 0 spiro atoms. The number of halogens is 4. The molecule has 1 aromatic carbocycles. The monoisotopic (exact) mass is 289 g/mol. The predicted molar refractivity (Wildman–Crippen MR) is 59.2 cm³/mol. The molecule has 0 bridgehead atoms. The fraction of sp³-hybridized carbons (Fsp3) is 0.182. The molecule has 0 saturated carbocycles. The molecule has 2 rings (SSSR count). The van der Waals surface area contributed by atoms with Crippen molar-refractivity contribution in [3.05, 3.63) is 40.0 Å². The summed E-state index contributed by atoms with van der Waals surface area (Å²) in [5.41, 5.74) is -0.127. The zero-order valence-corrected chi connectivity index (χ0v) is 9.85. The van der Waals surface area contributed by atoms with Crippen molar-refractivity contribution in [3.63, 3.8) is 0 Å². The molecular weight excluding hydrogens is 283 g/mol. The highest BCUT2D eigenvalue weighted by molar-refractivity contribution is 9.10. The van der Waals surface area contributed by atoms with Crippen LogP contribution in [0.25, 0.3) is 10.9 Å². The number of hydrogen-bond acceptors (Lipinski definition) is 1. The van der Waals surface area contributed by atoms with Crippen LogP contribution < -0.4 is 0 Å².